The molecule has 25 heavy (non-hydrogen) atoms. The summed E-state index contributed by atoms with van der Waals surface area (Å²) >= 11 is 6.11. The fourth-order valence-electron chi connectivity index (χ4n) is 3.16. The second-order valence-corrected chi connectivity index (χ2v) is 7.22. The van der Waals surface area contributed by atoms with Crippen molar-refractivity contribution in [1.29, 1.82) is 0 Å². The summed E-state index contributed by atoms with van der Waals surface area (Å²) in [5, 5.41) is 4.00. The topological polar surface area (TPSA) is 38.3 Å². The second kappa shape index (κ2) is 6.23. The summed E-state index contributed by atoms with van der Waals surface area (Å²) in [6, 6.07) is 13.8. The molecule has 1 aliphatic carbocycles. The predicted molar refractivity (Wildman–Crippen MR) is 99.3 cm³/mol. The fourth-order valence-corrected chi connectivity index (χ4v) is 3.36. The summed E-state index contributed by atoms with van der Waals surface area (Å²) < 4.78 is 6.09. The highest BCUT2D eigenvalue weighted by molar-refractivity contribution is 6.31. The van der Waals surface area contributed by atoms with Gasteiger partial charge in [-0.1, -0.05) is 41.9 Å². The molecule has 1 atom stereocenters. The van der Waals surface area contributed by atoms with Crippen LogP contribution in [0.3, 0.4) is 0 Å². The van der Waals surface area contributed by atoms with Crippen LogP contribution in [0.1, 0.15) is 41.2 Å². The van der Waals surface area contributed by atoms with Crippen molar-refractivity contribution in [2.24, 2.45) is 0 Å². The molecule has 1 heterocycles. The van der Waals surface area contributed by atoms with E-state index in [1.807, 2.05) is 31.2 Å². The first kappa shape index (κ1) is 16.2. The first-order valence-electron chi connectivity index (χ1n) is 8.58. The number of carbonyl (C=O) groups excluding carboxylic acids is 1. The van der Waals surface area contributed by atoms with Gasteiger partial charge in [-0.3, -0.25) is 4.79 Å². The number of hydrogen-bond acceptors (Lipinski definition) is 3. The standard InChI is InChI=1S/C21H20ClNO2/c1-12-5-3-8-17(13(12)2)18-19(24)20(14-6-4-7-15(22)11-14)25-21(18)23-16-9-10-16/h3-8,11,16,20,23H,9-10H2,1-2H3. The van der Waals surface area contributed by atoms with Crippen LogP contribution in [-0.4, -0.2) is 11.8 Å². The highest BCUT2D eigenvalue weighted by atomic mass is 35.5. The van der Waals surface area contributed by atoms with Gasteiger partial charge in [0, 0.05) is 16.6 Å². The monoisotopic (exact) mass is 353 g/mol. The molecule has 0 spiro atoms. The van der Waals surface area contributed by atoms with Crippen molar-refractivity contribution in [2.45, 2.75) is 38.8 Å². The van der Waals surface area contributed by atoms with Gasteiger partial charge in [-0.05, 0) is 55.5 Å². The van der Waals surface area contributed by atoms with Crippen LogP contribution in [-0.2, 0) is 9.53 Å². The summed E-state index contributed by atoms with van der Waals surface area (Å²) in [5.74, 6) is 0.588. The Labute approximate surface area is 152 Å². The average Bonchev–Trinajstić information content (AvgIpc) is 3.34. The zero-order valence-electron chi connectivity index (χ0n) is 14.3. The molecule has 1 N–H and O–H groups in total. The number of hydrogen-bond donors (Lipinski definition) is 1. The zero-order valence-corrected chi connectivity index (χ0v) is 15.1. The molecule has 0 saturated heterocycles. The van der Waals surface area contributed by atoms with Crippen LogP contribution in [0.4, 0.5) is 0 Å². The molecule has 2 aliphatic rings. The SMILES string of the molecule is Cc1cccc(C2=C(NC3CC3)OC(c3cccc(Cl)c3)C2=O)c1C. The van der Waals surface area contributed by atoms with Crippen LogP contribution in [0.5, 0.6) is 0 Å². The van der Waals surface area contributed by atoms with Crippen molar-refractivity contribution in [3.05, 3.63) is 75.6 Å². The zero-order chi connectivity index (χ0) is 17.6. The number of Topliss-reactive ketones (excluding diaryl/α,β-unsaturated/α-hetero) is 1. The van der Waals surface area contributed by atoms with Crippen molar-refractivity contribution < 1.29 is 9.53 Å². The Morgan fingerprint density at radius 1 is 1.12 bits per heavy atom. The largest absolute Gasteiger partial charge is 0.462 e. The maximum atomic E-state index is 13.2. The number of ether oxygens (including phenoxy) is 1. The number of benzene rings is 2. The third-order valence-corrected chi connectivity index (χ3v) is 5.12. The van der Waals surface area contributed by atoms with E-state index in [4.69, 9.17) is 16.3 Å². The van der Waals surface area contributed by atoms with Crippen molar-refractivity contribution in [1.82, 2.24) is 5.32 Å². The van der Waals surface area contributed by atoms with Gasteiger partial charge < -0.3 is 10.1 Å². The molecule has 0 amide bonds. The molecular weight excluding hydrogens is 334 g/mol. The molecule has 2 aromatic carbocycles. The van der Waals surface area contributed by atoms with Crippen molar-refractivity contribution in [2.75, 3.05) is 0 Å². The van der Waals surface area contributed by atoms with Gasteiger partial charge in [0.15, 0.2) is 12.0 Å². The molecule has 3 nitrogen and oxygen atoms in total. The Morgan fingerprint density at radius 3 is 2.60 bits per heavy atom. The number of nitrogens with one attached hydrogen (secondary N) is 1. The Hall–Kier alpha value is -2.26. The Bertz CT molecular complexity index is 883. The quantitative estimate of drug-likeness (QED) is 0.864. The van der Waals surface area contributed by atoms with E-state index in [0.29, 0.717) is 22.5 Å². The minimum atomic E-state index is -0.644. The van der Waals surface area contributed by atoms with Gasteiger partial charge in [0.25, 0.3) is 0 Å². The highest BCUT2D eigenvalue weighted by Crippen LogP contribution is 2.40. The first-order chi connectivity index (χ1) is 12.0. The maximum absolute atomic E-state index is 13.2. The van der Waals surface area contributed by atoms with Gasteiger partial charge in [0.2, 0.25) is 5.78 Å². The van der Waals surface area contributed by atoms with Gasteiger partial charge in [-0.25, -0.2) is 0 Å². The maximum Gasteiger partial charge on any atom is 0.213 e. The van der Waals surface area contributed by atoms with E-state index in [2.05, 4.69) is 18.3 Å². The minimum Gasteiger partial charge on any atom is -0.462 e. The molecule has 2 aromatic rings. The van der Waals surface area contributed by atoms with Crippen LogP contribution < -0.4 is 5.32 Å². The van der Waals surface area contributed by atoms with E-state index in [1.165, 1.54) is 0 Å². The van der Waals surface area contributed by atoms with E-state index in [9.17, 15) is 4.79 Å². The number of rotatable bonds is 4. The molecular formula is C21H20ClNO2. The molecule has 0 aromatic heterocycles. The number of carbonyl (C=O) groups is 1. The smallest absolute Gasteiger partial charge is 0.213 e. The minimum absolute atomic E-state index is 0.0147. The lowest BCUT2D eigenvalue weighted by molar-refractivity contribution is -0.120. The lowest BCUT2D eigenvalue weighted by Gasteiger charge is -2.13. The van der Waals surface area contributed by atoms with Crippen LogP contribution in [0.15, 0.2) is 48.3 Å². The summed E-state index contributed by atoms with van der Waals surface area (Å²) in [5.41, 5.74) is 4.65. The van der Waals surface area contributed by atoms with Crippen LogP contribution >= 0.6 is 11.6 Å². The number of ketones is 1. The third kappa shape index (κ3) is 3.05. The lowest BCUT2D eigenvalue weighted by Crippen LogP contribution is -2.17. The van der Waals surface area contributed by atoms with Crippen molar-refractivity contribution >= 4 is 23.0 Å². The molecule has 4 rings (SSSR count). The van der Waals surface area contributed by atoms with Crippen LogP contribution in [0, 0.1) is 13.8 Å². The Balaban J connectivity index is 1.77. The number of halogens is 1. The van der Waals surface area contributed by atoms with Gasteiger partial charge in [-0.2, -0.15) is 0 Å². The van der Waals surface area contributed by atoms with Gasteiger partial charge >= 0.3 is 0 Å². The van der Waals surface area contributed by atoms with Crippen LogP contribution in [0.25, 0.3) is 5.57 Å². The fraction of sp³-hybridized carbons (Fsp3) is 0.286. The third-order valence-electron chi connectivity index (χ3n) is 4.89. The van der Waals surface area contributed by atoms with Crippen LogP contribution in [0.2, 0.25) is 5.02 Å². The van der Waals surface area contributed by atoms with Gasteiger partial charge in [0.05, 0.1) is 5.57 Å². The van der Waals surface area contributed by atoms with Crippen molar-refractivity contribution in [3.63, 3.8) is 0 Å². The summed E-state index contributed by atoms with van der Waals surface area (Å²) in [7, 11) is 0. The molecule has 1 fully saturated rings. The van der Waals surface area contributed by atoms with Gasteiger partial charge in [0.1, 0.15) is 0 Å². The molecule has 0 radical (unpaired) electrons. The van der Waals surface area contributed by atoms with E-state index in [0.717, 1.165) is 35.1 Å². The lowest BCUT2D eigenvalue weighted by atomic mass is 9.92. The summed E-state index contributed by atoms with van der Waals surface area (Å²) in [6.07, 6.45) is 1.58. The summed E-state index contributed by atoms with van der Waals surface area (Å²) in [4.78, 5) is 13.2. The first-order valence-corrected chi connectivity index (χ1v) is 8.96. The molecule has 1 saturated carbocycles. The Kier molecular flexibility index (Phi) is 4.04. The van der Waals surface area contributed by atoms with E-state index in [-0.39, 0.29) is 5.78 Å². The normalized spacial score (nSPS) is 20.0. The highest BCUT2D eigenvalue weighted by Gasteiger charge is 2.39. The second-order valence-electron chi connectivity index (χ2n) is 6.79. The average molecular weight is 354 g/mol. The van der Waals surface area contributed by atoms with Gasteiger partial charge in [-0.15, -0.1) is 0 Å². The molecule has 0 bridgehead atoms. The van der Waals surface area contributed by atoms with E-state index in [1.54, 1.807) is 12.1 Å². The molecule has 1 aliphatic heterocycles. The number of aryl methyl sites for hydroxylation is 1. The van der Waals surface area contributed by atoms with E-state index >= 15 is 0 Å². The van der Waals surface area contributed by atoms with Crippen molar-refractivity contribution in [3.8, 4) is 0 Å². The predicted octanol–water partition coefficient (Wildman–Crippen LogP) is 4.72. The molecule has 4 heteroatoms. The summed E-state index contributed by atoms with van der Waals surface area (Å²) in [6.45, 7) is 4.11. The molecule has 128 valence electrons. The Morgan fingerprint density at radius 2 is 1.88 bits per heavy atom. The molecule has 1 unspecified atom stereocenters. The van der Waals surface area contributed by atoms with E-state index < -0.39 is 6.10 Å².